The number of aliphatic imine (C=N–C) groups is 1. The first-order valence-electron chi connectivity index (χ1n) is 8.22. The number of rotatable bonds is 6. The molecule has 5 nitrogen and oxygen atoms in total. The molecule has 2 N–H and O–H groups in total. The molecule has 0 aliphatic rings. The van der Waals surface area contributed by atoms with Crippen LogP contribution in [0, 0.1) is 12.7 Å². The van der Waals surface area contributed by atoms with Gasteiger partial charge in [0.2, 0.25) is 0 Å². The molecule has 0 fully saturated rings. The van der Waals surface area contributed by atoms with Gasteiger partial charge in [0, 0.05) is 26.4 Å². The summed E-state index contributed by atoms with van der Waals surface area (Å²) in [6, 6.07) is 12.3. The first kappa shape index (κ1) is 19.9. The molecule has 2 rings (SSSR count). The van der Waals surface area contributed by atoms with Gasteiger partial charge in [-0.3, -0.25) is 4.99 Å². The average molecular weight is 377 g/mol. The fourth-order valence-electron chi connectivity index (χ4n) is 2.47. The molecule has 0 aliphatic heterocycles. The molecular formula is C19H24FN3O2S. The topological polar surface area (TPSA) is 70.6 Å². The maximum atomic E-state index is 13.6. The summed E-state index contributed by atoms with van der Waals surface area (Å²) in [4.78, 5) is 4.14. The Morgan fingerprint density at radius 1 is 1.04 bits per heavy atom. The van der Waals surface area contributed by atoms with Crippen molar-refractivity contribution in [2.75, 3.05) is 13.3 Å². The van der Waals surface area contributed by atoms with Gasteiger partial charge in [-0.25, -0.2) is 12.8 Å². The molecule has 0 atom stereocenters. The molecule has 140 valence electrons. The minimum absolute atomic E-state index is 0.125. The molecule has 7 heteroatoms. The molecular weight excluding hydrogens is 353 g/mol. The van der Waals surface area contributed by atoms with Crippen LogP contribution in [0.5, 0.6) is 0 Å². The second-order valence-corrected chi connectivity index (χ2v) is 8.39. The summed E-state index contributed by atoms with van der Waals surface area (Å²) in [6.45, 7) is 2.90. The summed E-state index contributed by atoms with van der Waals surface area (Å²) >= 11 is 0. The van der Waals surface area contributed by atoms with Crippen LogP contribution in [0.3, 0.4) is 0 Å². The summed E-state index contributed by atoms with van der Waals surface area (Å²) in [6.07, 6.45) is 1.16. The zero-order valence-electron chi connectivity index (χ0n) is 15.2. The van der Waals surface area contributed by atoms with Crippen molar-refractivity contribution in [3.63, 3.8) is 0 Å². The number of hydrogen-bond acceptors (Lipinski definition) is 3. The molecule has 2 aromatic carbocycles. The Morgan fingerprint density at radius 3 is 2.31 bits per heavy atom. The highest BCUT2D eigenvalue weighted by Gasteiger charge is 2.11. The van der Waals surface area contributed by atoms with E-state index in [0.29, 0.717) is 23.6 Å². The Kier molecular flexibility index (Phi) is 6.74. The molecule has 0 amide bonds. The van der Waals surface area contributed by atoms with E-state index < -0.39 is 15.7 Å². The van der Waals surface area contributed by atoms with Crippen LogP contribution in [0.1, 0.15) is 22.3 Å². The van der Waals surface area contributed by atoms with Crippen LogP contribution in [0.4, 0.5) is 4.39 Å². The monoisotopic (exact) mass is 377 g/mol. The van der Waals surface area contributed by atoms with E-state index >= 15 is 0 Å². The lowest BCUT2D eigenvalue weighted by Gasteiger charge is -2.14. The number of benzene rings is 2. The SMILES string of the molecule is CN=C(NCc1ccc(C)cc1)NCc1cc(F)ccc1CS(C)(=O)=O. The number of sulfone groups is 1. The van der Waals surface area contributed by atoms with Gasteiger partial charge in [0.25, 0.3) is 0 Å². The van der Waals surface area contributed by atoms with Crippen molar-refractivity contribution in [3.8, 4) is 0 Å². The number of nitrogens with zero attached hydrogens (tertiary/aromatic N) is 1. The van der Waals surface area contributed by atoms with Gasteiger partial charge in [0.15, 0.2) is 15.8 Å². The van der Waals surface area contributed by atoms with E-state index in [9.17, 15) is 12.8 Å². The molecule has 0 aliphatic carbocycles. The standard InChI is InChI=1S/C19H24FN3O2S/c1-14-4-6-15(7-5-14)11-22-19(21-2)23-12-17-10-18(20)9-8-16(17)13-26(3,24)25/h4-10H,11-13H2,1-3H3,(H2,21,22,23). The van der Waals surface area contributed by atoms with Crippen LogP contribution in [0.15, 0.2) is 47.5 Å². The van der Waals surface area contributed by atoms with E-state index in [1.54, 1.807) is 7.05 Å². The van der Waals surface area contributed by atoms with E-state index in [4.69, 9.17) is 0 Å². The van der Waals surface area contributed by atoms with Crippen molar-refractivity contribution < 1.29 is 12.8 Å². The first-order valence-corrected chi connectivity index (χ1v) is 10.3. The van der Waals surface area contributed by atoms with Crippen molar-refractivity contribution in [2.45, 2.75) is 25.8 Å². The van der Waals surface area contributed by atoms with Gasteiger partial charge < -0.3 is 10.6 Å². The van der Waals surface area contributed by atoms with Crippen molar-refractivity contribution in [3.05, 3.63) is 70.5 Å². The van der Waals surface area contributed by atoms with Crippen LogP contribution in [-0.2, 0) is 28.7 Å². The number of nitrogens with one attached hydrogen (secondary N) is 2. The summed E-state index contributed by atoms with van der Waals surface area (Å²) in [5, 5.41) is 6.28. The third-order valence-corrected chi connectivity index (χ3v) is 4.67. The highest BCUT2D eigenvalue weighted by Crippen LogP contribution is 2.14. The zero-order chi connectivity index (χ0) is 19.2. The van der Waals surface area contributed by atoms with E-state index in [0.717, 1.165) is 11.8 Å². The maximum Gasteiger partial charge on any atom is 0.191 e. The van der Waals surface area contributed by atoms with Crippen molar-refractivity contribution >= 4 is 15.8 Å². The largest absolute Gasteiger partial charge is 0.352 e. The van der Waals surface area contributed by atoms with Gasteiger partial charge in [-0.2, -0.15) is 0 Å². The lowest BCUT2D eigenvalue weighted by atomic mass is 10.1. The van der Waals surface area contributed by atoms with Crippen molar-refractivity contribution in [1.82, 2.24) is 10.6 Å². The van der Waals surface area contributed by atoms with Crippen molar-refractivity contribution in [1.29, 1.82) is 0 Å². The quantitative estimate of drug-likeness (QED) is 0.600. The second-order valence-electron chi connectivity index (χ2n) is 6.25. The molecule has 0 saturated carbocycles. The van der Waals surface area contributed by atoms with Crippen molar-refractivity contribution in [2.24, 2.45) is 4.99 Å². The lowest BCUT2D eigenvalue weighted by Crippen LogP contribution is -2.36. The fraction of sp³-hybridized carbons (Fsp3) is 0.316. The van der Waals surface area contributed by atoms with Gasteiger partial charge in [-0.15, -0.1) is 0 Å². The Balaban J connectivity index is 2.01. The second kappa shape index (κ2) is 8.80. The molecule has 2 aromatic rings. The molecule has 26 heavy (non-hydrogen) atoms. The minimum atomic E-state index is -3.20. The number of hydrogen-bond donors (Lipinski definition) is 2. The third-order valence-electron chi connectivity index (χ3n) is 3.84. The smallest absolute Gasteiger partial charge is 0.191 e. The predicted octanol–water partition coefficient (Wildman–Crippen LogP) is 2.54. The van der Waals surface area contributed by atoms with Crippen LogP contribution in [0.2, 0.25) is 0 Å². The highest BCUT2D eigenvalue weighted by atomic mass is 32.2. The van der Waals surface area contributed by atoms with Crippen LogP contribution >= 0.6 is 0 Å². The zero-order valence-corrected chi connectivity index (χ0v) is 16.0. The maximum absolute atomic E-state index is 13.6. The summed E-state index contributed by atoms with van der Waals surface area (Å²) in [5.74, 6) is 0.0291. The third kappa shape index (κ3) is 6.48. The summed E-state index contributed by atoms with van der Waals surface area (Å²) < 4.78 is 36.7. The minimum Gasteiger partial charge on any atom is -0.352 e. The van der Waals surface area contributed by atoms with E-state index in [1.807, 2.05) is 31.2 Å². The summed E-state index contributed by atoms with van der Waals surface area (Å²) in [5.41, 5.74) is 3.48. The Hall–Kier alpha value is -2.41. The molecule has 0 bridgehead atoms. The van der Waals surface area contributed by atoms with Gasteiger partial charge >= 0.3 is 0 Å². The van der Waals surface area contributed by atoms with Crippen LogP contribution in [0.25, 0.3) is 0 Å². The van der Waals surface area contributed by atoms with Gasteiger partial charge in [0.05, 0.1) is 5.75 Å². The number of guanidine groups is 1. The fourth-order valence-corrected chi connectivity index (χ4v) is 3.32. The van der Waals surface area contributed by atoms with Crippen LogP contribution in [-0.4, -0.2) is 27.7 Å². The van der Waals surface area contributed by atoms with E-state index in [2.05, 4.69) is 15.6 Å². The number of aryl methyl sites for hydroxylation is 1. The lowest BCUT2D eigenvalue weighted by molar-refractivity contribution is 0.599. The Morgan fingerprint density at radius 2 is 1.69 bits per heavy atom. The molecule has 0 spiro atoms. The highest BCUT2D eigenvalue weighted by molar-refractivity contribution is 7.89. The van der Waals surface area contributed by atoms with Crippen LogP contribution < -0.4 is 10.6 Å². The molecule has 0 radical (unpaired) electrons. The number of halogens is 1. The van der Waals surface area contributed by atoms with Gasteiger partial charge in [0.1, 0.15) is 5.82 Å². The Bertz CT molecular complexity index is 878. The average Bonchev–Trinajstić information content (AvgIpc) is 2.57. The molecule has 0 aromatic heterocycles. The predicted molar refractivity (Wildman–Crippen MR) is 103 cm³/mol. The summed E-state index contributed by atoms with van der Waals surface area (Å²) in [7, 11) is -1.56. The first-order chi connectivity index (χ1) is 12.3. The normalized spacial score (nSPS) is 12.1. The van der Waals surface area contributed by atoms with Gasteiger partial charge in [-0.05, 0) is 35.7 Å². The Labute approximate surface area is 154 Å². The molecule has 0 unspecified atom stereocenters. The van der Waals surface area contributed by atoms with E-state index in [1.165, 1.54) is 23.8 Å². The van der Waals surface area contributed by atoms with E-state index in [-0.39, 0.29) is 12.3 Å². The van der Waals surface area contributed by atoms with Gasteiger partial charge in [-0.1, -0.05) is 35.9 Å². The molecule has 0 saturated heterocycles. The molecule has 0 heterocycles.